The molecule has 0 aromatic carbocycles. The third kappa shape index (κ3) is 41.1. The van der Waals surface area contributed by atoms with Gasteiger partial charge in [0.1, 0.15) is 19.3 Å². The maximum atomic E-state index is 12.6. The predicted molar refractivity (Wildman–Crippen MR) is 226 cm³/mol. The fourth-order valence-corrected chi connectivity index (χ4v) is 5.94. The highest BCUT2D eigenvalue weighted by Gasteiger charge is 2.20. The number of allylic oxidation sites excluding steroid dienone is 12. The van der Waals surface area contributed by atoms with Crippen molar-refractivity contribution in [1.29, 1.82) is 0 Å². The highest BCUT2D eigenvalue weighted by Crippen LogP contribution is 2.38. The lowest BCUT2D eigenvalue weighted by Crippen LogP contribution is -2.37. The molecule has 8 nitrogen and oxygen atoms in total. The lowest BCUT2D eigenvalue weighted by atomic mass is 10.1. The first kappa shape index (κ1) is 51.9. The Morgan fingerprint density at radius 3 is 1.61 bits per heavy atom. The molecule has 2 atom stereocenters. The molecule has 54 heavy (non-hydrogen) atoms. The van der Waals surface area contributed by atoms with Crippen LogP contribution in [0.5, 0.6) is 0 Å². The molecule has 0 N–H and O–H groups in total. The van der Waals surface area contributed by atoms with E-state index in [1.807, 2.05) is 21.1 Å². The molecule has 0 saturated carbocycles. The van der Waals surface area contributed by atoms with E-state index >= 15 is 0 Å². The van der Waals surface area contributed by atoms with E-state index in [0.29, 0.717) is 24.1 Å². The fraction of sp³-hybridized carbons (Fsp3) is 0.711. The quantitative estimate of drug-likeness (QED) is 0.0202. The van der Waals surface area contributed by atoms with Gasteiger partial charge in [-0.05, 0) is 83.5 Å². The van der Waals surface area contributed by atoms with Crippen LogP contribution in [0.2, 0.25) is 0 Å². The Hall–Kier alpha value is -2.06. The summed E-state index contributed by atoms with van der Waals surface area (Å²) in [5.41, 5.74) is 0. The highest BCUT2D eigenvalue weighted by molar-refractivity contribution is 7.45. The van der Waals surface area contributed by atoms with Crippen molar-refractivity contribution in [2.75, 3.05) is 54.1 Å². The van der Waals surface area contributed by atoms with Crippen LogP contribution in [0.15, 0.2) is 72.9 Å². The van der Waals surface area contributed by atoms with Gasteiger partial charge in [-0.2, -0.15) is 0 Å². The second kappa shape index (κ2) is 37.8. The molecule has 0 aliphatic heterocycles. The SMILES string of the molecule is CC/C=C\C/C=C\C/C=C\C/C=C\CCCCC(=O)OC(COCCCCCCCC/C=C\C/C=C\CCCCCC)COP(=O)([O-])OCC[N+](C)(C)C. The number of phosphoric acid groups is 1. The first-order valence-electron chi connectivity index (χ1n) is 21.2. The second-order valence-electron chi connectivity index (χ2n) is 15.0. The molecule has 0 saturated heterocycles. The Balaban J connectivity index is 4.36. The third-order valence-corrected chi connectivity index (χ3v) is 9.46. The molecule has 0 aliphatic rings. The number of rotatable bonds is 38. The van der Waals surface area contributed by atoms with Crippen molar-refractivity contribution in [2.24, 2.45) is 0 Å². The Morgan fingerprint density at radius 2 is 1.07 bits per heavy atom. The summed E-state index contributed by atoms with van der Waals surface area (Å²) >= 11 is 0. The molecule has 2 unspecified atom stereocenters. The lowest BCUT2D eigenvalue weighted by molar-refractivity contribution is -0.870. The largest absolute Gasteiger partial charge is 0.756 e. The number of hydrogen-bond donors (Lipinski definition) is 0. The maximum Gasteiger partial charge on any atom is 0.306 e. The Morgan fingerprint density at radius 1 is 0.593 bits per heavy atom. The van der Waals surface area contributed by atoms with E-state index in [1.165, 1.54) is 51.4 Å². The van der Waals surface area contributed by atoms with Gasteiger partial charge in [0, 0.05) is 13.0 Å². The number of esters is 1. The summed E-state index contributed by atoms with van der Waals surface area (Å²) in [6.07, 6.45) is 47.7. The van der Waals surface area contributed by atoms with Crippen molar-refractivity contribution < 1.29 is 37.3 Å². The van der Waals surface area contributed by atoms with E-state index in [9.17, 15) is 14.3 Å². The van der Waals surface area contributed by atoms with Crippen LogP contribution in [0.4, 0.5) is 0 Å². The van der Waals surface area contributed by atoms with E-state index in [2.05, 4.69) is 86.8 Å². The maximum absolute atomic E-state index is 12.6. The van der Waals surface area contributed by atoms with Crippen molar-refractivity contribution in [3.05, 3.63) is 72.9 Å². The van der Waals surface area contributed by atoms with E-state index in [0.717, 1.165) is 70.6 Å². The minimum atomic E-state index is -4.54. The summed E-state index contributed by atoms with van der Waals surface area (Å²) < 4.78 is 34.5. The van der Waals surface area contributed by atoms with E-state index < -0.39 is 13.9 Å². The van der Waals surface area contributed by atoms with Crippen LogP contribution >= 0.6 is 7.82 Å². The summed E-state index contributed by atoms with van der Waals surface area (Å²) in [7, 11) is 1.31. The molecule has 0 fully saturated rings. The van der Waals surface area contributed by atoms with Gasteiger partial charge in [0.25, 0.3) is 7.82 Å². The number of ether oxygens (including phenoxy) is 2. The third-order valence-electron chi connectivity index (χ3n) is 8.49. The number of carbonyl (C=O) groups is 1. The van der Waals surface area contributed by atoms with Gasteiger partial charge >= 0.3 is 5.97 Å². The summed E-state index contributed by atoms with van der Waals surface area (Å²) in [6.45, 7) is 5.17. The van der Waals surface area contributed by atoms with Gasteiger partial charge in [-0.15, -0.1) is 0 Å². The Labute approximate surface area is 332 Å². The minimum Gasteiger partial charge on any atom is -0.756 e. The van der Waals surface area contributed by atoms with Crippen LogP contribution < -0.4 is 4.89 Å². The fourth-order valence-electron chi connectivity index (χ4n) is 5.21. The van der Waals surface area contributed by atoms with Crippen LogP contribution in [0.1, 0.15) is 149 Å². The van der Waals surface area contributed by atoms with Crippen LogP contribution in [0.3, 0.4) is 0 Å². The molecule has 0 spiro atoms. The van der Waals surface area contributed by atoms with Gasteiger partial charge in [0.2, 0.25) is 0 Å². The molecule has 0 aliphatic carbocycles. The number of nitrogens with zero attached hydrogens (tertiary/aromatic N) is 1. The molecule has 0 heterocycles. The molecular weight excluding hydrogens is 697 g/mol. The number of quaternary nitrogens is 1. The van der Waals surface area contributed by atoms with Crippen LogP contribution in [-0.4, -0.2) is 70.7 Å². The molecular formula is C45H80NO7P. The summed E-state index contributed by atoms with van der Waals surface area (Å²) in [4.78, 5) is 25.0. The van der Waals surface area contributed by atoms with Gasteiger partial charge in [0.05, 0.1) is 34.4 Å². The molecule has 0 radical (unpaired) electrons. The van der Waals surface area contributed by atoms with Crippen molar-refractivity contribution in [3.63, 3.8) is 0 Å². The Kier molecular flexibility index (Phi) is 36.4. The summed E-state index contributed by atoms with van der Waals surface area (Å²) in [5, 5.41) is 0. The van der Waals surface area contributed by atoms with E-state index in [4.69, 9.17) is 18.5 Å². The average molecular weight is 778 g/mol. The van der Waals surface area contributed by atoms with Gasteiger partial charge in [0.15, 0.2) is 0 Å². The molecule has 9 heteroatoms. The molecule has 0 aromatic heterocycles. The number of phosphoric ester groups is 1. The van der Waals surface area contributed by atoms with Crippen LogP contribution in [0.25, 0.3) is 0 Å². The van der Waals surface area contributed by atoms with Gasteiger partial charge in [-0.25, -0.2) is 0 Å². The second-order valence-corrected chi connectivity index (χ2v) is 16.4. The number of hydrogen-bond acceptors (Lipinski definition) is 7. The normalized spacial score (nSPS) is 14.6. The first-order valence-corrected chi connectivity index (χ1v) is 22.6. The monoisotopic (exact) mass is 778 g/mol. The van der Waals surface area contributed by atoms with Crippen LogP contribution in [-0.2, 0) is 27.9 Å². The average Bonchev–Trinajstić information content (AvgIpc) is 3.12. The lowest BCUT2D eigenvalue weighted by Gasteiger charge is -2.28. The van der Waals surface area contributed by atoms with Gasteiger partial charge < -0.3 is 27.9 Å². The summed E-state index contributed by atoms with van der Waals surface area (Å²) in [5.74, 6) is -0.381. The summed E-state index contributed by atoms with van der Waals surface area (Å²) in [6, 6.07) is 0. The molecule has 0 aromatic rings. The molecule has 312 valence electrons. The highest BCUT2D eigenvalue weighted by atomic mass is 31.2. The number of carbonyl (C=O) groups excluding carboxylic acids is 1. The van der Waals surface area contributed by atoms with Gasteiger partial charge in [-0.1, -0.05) is 132 Å². The topological polar surface area (TPSA) is 94.1 Å². The van der Waals surface area contributed by atoms with Crippen molar-refractivity contribution >= 4 is 13.8 Å². The van der Waals surface area contributed by atoms with Gasteiger partial charge in [-0.3, -0.25) is 9.36 Å². The molecule has 0 rings (SSSR count). The standard InChI is InChI=1S/C45H80NO7P/c1-6-8-10-12-14-16-18-20-22-23-25-27-29-31-33-35-37-40-50-42-44(43-52-54(48,49)51-41-39-46(3,4)5)53-45(47)38-36-34-32-30-28-26-24-21-19-17-15-13-11-9-7-2/h9,11,15-18,21-24,28,30,44H,6-8,10,12-14,19-20,25-27,29,31-43H2,1-5H3/b11-9-,17-15-,18-16-,23-22-,24-21-,30-28-. The minimum absolute atomic E-state index is 0.0120. The molecule has 0 bridgehead atoms. The van der Waals surface area contributed by atoms with Crippen molar-refractivity contribution in [3.8, 4) is 0 Å². The van der Waals surface area contributed by atoms with Crippen molar-refractivity contribution in [1.82, 2.24) is 0 Å². The predicted octanol–water partition coefficient (Wildman–Crippen LogP) is 11.7. The van der Waals surface area contributed by atoms with E-state index in [1.54, 1.807) is 0 Å². The number of likely N-dealkylation sites (N-methyl/N-ethyl adjacent to an activating group) is 1. The van der Waals surface area contributed by atoms with Crippen LogP contribution in [0, 0.1) is 0 Å². The van der Waals surface area contributed by atoms with E-state index in [-0.39, 0.29) is 32.2 Å². The zero-order valence-electron chi connectivity index (χ0n) is 35.1. The number of unbranched alkanes of at least 4 members (excludes halogenated alkanes) is 12. The molecule has 0 amide bonds. The zero-order chi connectivity index (χ0) is 39.9. The zero-order valence-corrected chi connectivity index (χ0v) is 36.0. The Bertz CT molecular complexity index is 1090. The smallest absolute Gasteiger partial charge is 0.306 e. The first-order chi connectivity index (χ1) is 26.1. The van der Waals surface area contributed by atoms with Crippen molar-refractivity contribution in [2.45, 2.75) is 155 Å².